The lowest BCUT2D eigenvalue weighted by Gasteiger charge is -2.23. The Bertz CT molecular complexity index is 813. The van der Waals surface area contributed by atoms with Crippen molar-refractivity contribution < 1.29 is 11.0 Å². The molecule has 0 N–H and O–H groups in total. The number of benzene rings is 2. The molecule has 2 heteroatoms. The van der Waals surface area contributed by atoms with Crippen LogP contribution in [0.25, 0.3) is 0 Å². The molecule has 4 rings (SSSR count). The highest BCUT2D eigenvalue weighted by molar-refractivity contribution is 6.02. The molecule has 2 aromatic rings. The SMILES string of the molecule is CC1CC1c1ccccc1.CCCC1CCc2cc(C(C)=O)ccc2C1=O.[HH]. The highest BCUT2D eigenvalue weighted by atomic mass is 16.1. The fourth-order valence-electron chi connectivity index (χ4n) is 4.05. The zero-order valence-corrected chi connectivity index (χ0v) is 16.7. The van der Waals surface area contributed by atoms with Crippen molar-refractivity contribution in [2.75, 3.05) is 0 Å². The Balaban J connectivity index is 0.000000217. The monoisotopic (exact) mass is 364 g/mol. The molecule has 0 saturated heterocycles. The maximum absolute atomic E-state index is 12.2. The number of ketones is 2. The summed E-state index contributed by atoms with van der Waals surface area (Å²) in [5.74, 6) is 2.33. The van der Waals surface area contributed by atoms with E-state index in [-0.39, 0.29) is 18.9 Å². The van der Waals surface area contributed by atoms with Crippen molar-refractivity contribution in [3.63, 3.8) is 0 Å². The van der Waals surface area contributed by atoms with Gasteiger partial charge in [0.2, 0.25) is 0 Å². The first kappa shape index (κ1) is 19.5. The van der Waals surface area contributed by atoms with Crippen LogP contribution in [0.3, 0.4) is 0 Å². The minimum atomic E-state index is 0. The van der Waals surface area contributed by atoms with Gasteiger partial charge in [-0.05, 0) is 61.6 Å². The molecule has 1 fully saturated rings. The van der Waals surface area contributed by atoms with Crippen LogP contribution in [0.1, 0.15) is 85.6 Å². The van der Waals surface area contributed by atoms with Crippen molar-refractivity contribution in [1.29, 1.82) is 0 Å². The molecule has 2 aromatic carbocycles. The minimum absolute atomic E-state index is 0. The van der Waals surface area contributed by atoms with Gasteiger partial charge in [0.25, 0.3) is 0 Å². The normalized spacial score (nSPS) is 23.1. The Labute approximate surface area is 164 Å². The summed E-state index contributed by atoms with van der Waals surface area (Å²) in [6, 6.07) is 16.3. The third-order valence-corrected chi connectivity index (χ3v) is 5.88. The second-order valence-electron chi connectivity index (χ2n) is 8.05. The predicted molar refractivity (Wildman–Crippen MR) is 113 cm³/mol. The summed E-state index contributed by atoms with van der Waals surface area (Å²) in [5.41, 5.74) is 4.12. The van der Waals surface area contributed by atoms with Gasteiger partial charge in [-0.3, -0.25) is 9.59 Å². The van der Waals surface area contributed by atoms with Crippen LogP contribution in [-0.4, -0.2) is 11.6 Å². The van der Waals surface area contributed by atoms with E-state index in [2.05, 4.69) is 44.2 Å². The van der Waals surface area contributed by atoms with E-state index in [1.807, 2.05) is 12.1 Å². The molecule has 0 aromatic heterocycles. The Kier molecular flexibility index (Phi) is 6.26. The summed E-state index contributed by atoms with van der Waals surface area (Å²) in [7, 11) is 0. The number of hydrogen-bond acceptors (Lipinski definition) is 2. The second kappa shape index (κ2) is 8.65. The van der Waals surface area contributed by atoms with Gasteiger partial charge < -0.3 is 0 Å². The quantitative estimate of drug-likeness (QED) is 0.581. The molecule has 27 heavy (non-hydrogen) atoms. The van der Waals surface area contributed by atoms with Crippen LogP contribution in [0.4, 0.5) is 0 Å². The van der Waals surface area contributed by atoms with E-state index >= 15 is 0 Å². The molecule has 1 saturated carbocycles. The molecule has 0 heterocycles. The molecule has 0 spiro atoms. The number of carbonyl (C=O) groups excluding carboxylic acids is 2. The van der Waals surface area contributed by atoms with Gasteiger partial charge >= 0.3 is 0 Å². The summed E-state index contributed by atoms with van der Waals surface area (Å²) >= 11 is 0. The Morgan fingerprint density at radius 3 is 2.44 bits per heavy atom. The maximum Gasteiger partial charge on any atom is 0.166 e. The van der Waals surface area contributed by atoms with E-state index in [1.54, 1.807) is 13.0 Å². The van der Waals surface area contributed by atoms with Crippen LogP contribution >= 0.6 is 0 Å². The van der Waals surface area contributed by atoms with Crippen LogP contribution in [0, 0.1) is 11.8 Å². The van der Waals surface area contributed by atoms with Gasteiger partial charge in [0.1, 0.15) is 0 Å². The Morgan fingerprint density at radius 1 is 1.15 bits per heavy atom. The van der Waals surface area contributed by atoms with Crippen molar-refractivity contribution >= 4 is 11.6 Å². The average Bonchev–Trinajstić information content (AvgIpc) is 3.42. The average molecular weight is 365 g/mol. The Hall–Kier alpha value is -2.22. The van der Waals surface area contributed by atoms with Gasteiger partial charge in [-0.1, -0.05) is 62.7 Å². The predicted octanol–water partition coefficient (Wildman–Crippen LogP) is 6.49. The van der Waals surface area contributed by atoms with E-state index in [9.17, 15) is 9.59 Å². The number of rotatable bonds is 4. The van der Waals surface area contributed by atoms with Crippen LogP contribution in [0.2, 0.25) is 0 Å². The zero-order chi connectivity index (χ0) is 19.4. The zero-order valence-electron chi connectivity index (χ0n) is 16.7. The lowest BCUT2D eigenvalue weighted by Crippen LogP contribution is -2.22. The first-order valence-electron chi connectivity index (χ1n) is 10.2. The number of Topliss-reactive ketones (excluding diaryl/α,β-unsaturated/α-hetero) is 2. The van der Waals surface area contributed by atoms with Gasteiger partial charge in [-0.25, -0.2) is 0 Å². The van der Waals surface area contributed by atoms with Crippen LogP contribution in [-0.2, 0) is 6.42 Å². The number of hydrogen-bond donors (Lipinski definition) is 0. The van der Waals surface area contributed by atoms with Crippen LogP contribution < -0.4 is 0 Å². The smallest absolute Gasteiger partial charge is 0.166 e. The molecule has 0 aliphatic heterocycles. The third kappa shape index (κ3) is 4.74. The van der Waals surface area contributed by atoms with Crippen molar-refractivity contribution in [1.82, 2.24) is 0 Å². The van der Waals surface area contributed by atoms with E-state index in [1.165, 1.54) is 12.0 Å². The molecular weight excluding hydrogens is 332 g/mol. The van der Waals surface area contributed by atoms with Crippen LogP contribution in [0.15, 0.2) is 48.5 Å². The standard InChI is InChI=1S/C15H18O2.C10H12.H2/c1-3-4-11-5-6-13-9-12(10(2)16)7-8-14(13)15(11)17;1-8-7-10(8)9-5-3-2-4-6-9;/h7-9,11H,3-6H2,1-2H3;2-6,8,10H,7H2,1H3;1H. The first-order valence-corrected chi connectivity index (χ1v) is 10.2. The molecule has 144 valence electrons. The summed E-state index contributed by atoms with van der Waals surface area (Å²) in [6.07, 6.45) is 5.28. The molecule has 2 aliphatic rings. The van der Waals surface area contributed by atoms with Crippen molar-refractivity contribution in [3.05, 3.63) is 70.8 Å². The molecular formula is C25H32O2. The third-order valence-electron chi connectivity index (χ3n) is 5.88. The minimum Gasteiger partial charge on any atom is -0.295 e. The highest BCUT2D eigenvalue weighted by Crippen LogP contribution is 2.46. The van der Waals surface area contributed by atoms with Crippen molar-refractivity contribution in [2.45, 2.75) is 58.8 Å². The lowest BCUT2D eigenvalue weighted by atomic mass is 9.80. The second-order valence-corrected chi connectivity index (χ2v) is 8.05. The van der Waals surface area contributed by atoms with E-state index in [0.29, 0.717) is 5.56 Å². The molecule has 2 aliphatic carbocycles. The molecule has 0 amide bonds. The first-order chi connectivity index (χ1) is 13.0. The van der Waals surface area contributed by atoms with Crippen molar-refractivity contribution in [3.8, 4) is 0 Å². The van der Waals surface area contributed by atoms with E-state index in [4.69, 9.17) is 0 Å². The van der Waals surface area contributed by atoms with Gasteiger partial charge in [0, 0.05) is 18.5 Å². The van der Waals surface area contributed by atoms with Gasteiger partial charge in [0.15, 0.2) is 11.6 Å². The maximum atomic E-state index is 12.2. The lowest BCUT2D eigenvalue weighted by molar-refractivity contribution is 0.0892. The molecule has 0 radical (unpaired) electrons. The largest absolute Gasteiger partial charge is 0.295 e. The fourth-order valence-corrected chi connectivity index (χ4v) is 4.05. The van der Waals surface area contributed by atoms with Crippen LogP contribution in [0.5, 0.6) is 0 Å². The highest BCUT2D eigenvalue weighted by Gasteiger charge is 2.33. The van der Waals surface area contributed by atoms with E-state index in [0.717, 1.165) is 48.6 Å². The van der Waals surface area contributed by atoms with Crippen molar-refractivity contribution in [2.24, 2.45) is 11.8 Å². The topological polar surface area (TPSA) is 34.1 Å². The number of aryl methyl sites for hydroxylation is 1. The Morgan fingerprint density at radius 2 is 1.85 bits per heavy atom. The van der Waals surface area contributed by atoms with Gasteiger partial charge in [0.05, 0.1) is 0 Å². The molecule has 3 atom stereocenters. The molecule has 3 unspecified atom stereocenters. The fraction of sp³-hybridized carbons (Fsp3) is 0.440. The summed E-state index contributed by atoms with van der Waals surface area (Å²) in [4.78, 5) is 23.5. The number of fused-ring (bicyclic) bond motifs is 1. The van der Waals surface area contributed by atoms with Gasteiger partial charge in [-0.15, -0.1) is 0 Å². The summed E-state index contributed by atoms with van der Waals surface area (Å²) < 4.78 is 0. The number of carbonyl (C=O) groups is 2. The molecule has 2 nitrogen and oxygen atoms in total. The molecule has 0 bridgehead atoms. The van der Waals surface area contributed by atoms with Gasteiger partial charge in [-0.2, -0.15) is 0 Å². The summed E-state index contributed by atoms with van der Waals surface area (Å²) in [5, 5.41) is 0. The van der Waals surface area contributed by atoms with E-state index < -0.39 is 0 Å². The summed E-state index contributed by atoms with van der Waals surface area (Å²) in [6.45, 7) is 5.99.